The number of ether oxygens (including phenoxy) is 4. The topological polar surface area (TPSA) is 94.5 Å². The molecule has 0 saturated heterocycles. The van der Waals surface area contributed by atoms with E-state index in [0.29, 0.717) is 16.7 Å². The summed E-state index contributed by atoms with van der Waals surface area (Å²) in [5.41, 5.74) is 0.920. The molecule has 8 nitrogen and oxygen atoms in total. The van der Waals surface area contributed by atoms with E-state index >= 15 is 0 Å². The number of carbonyl (C=O) groups is 2. The Morgan fingerprint density at radius 1 is 1.08 bits per heavy atom. The highest BCUT2D eigenvalue weighted by Gasteiger charge is 2.32. The summed E-state index contributed by atoms with van der Waals surface area (Å²) in [5, 5.41) is 10.4. The number of hydrogen-bond acceptors (Lipinski definition) is 8. The van der Waals surface area contributed by atoms with Gasteiger partial charge in [0.05, 0.1) is 38.5 Å². The molecule has 1 atom stereocenters. The van der Waals surface area contributed by atoms with Crippen LogP contribution in [-0.4, -0.2) is 49.6 Å². The van der Waals surface area contributed by atoms with Crippen molar-refractivity contribution in [3.05, 3.63) is 83.1 Å². The second kappa shape index (κ2) is 11.1. The molecule has 0 bridgehead atoms. The van der Waals surface area contributed by atoms with Gasteiger partial charge in [-0.15, -0.1) is 19.8 Å². The third-order valence-electron chi connectivity index (χ3n) is 5.48. The van der Waals surface area contributed by atoms with Crippen molar-refractivity contribution in [2.75, 3.05) is 21.3 Å². The second-order valence-electron chi connectivity index (χ2n) is 7.79. The van der Waals surface area contributed by atoms with Gasteiger partial charge in [-0.05, 0) is 47.0 Å². The number of hydrogen-bond donors (Lipinski definition) is 1. The van der Waals surface area contributed by atoms with Crippen molar-refractivity contribution in [3.63, 3.8) is 0 Å². The summed E-state index contributed by atoms with van der Waals surface area (Å²) in [6.07, 6.45) is -0.624. The van der Waals surface area contributed by atoms with Crippen LogP contribution >= 0.6 is 0 Å². The van der Waals surface area contributed by atoms with Gasteiger partial charge in [0.2, 0.25) is 0 Å². The van der Waals surface area contributed by atoms with Gasteiger partial charge in [0.25, 0.3) is 0 Å². The molecular weight excluding hydrogens is 495 g/mol. The van der Waals surface area contributed by atoms with E-state index in [1.54, 1.807) is 11.0 Å². The molecule has 0 aliphatic carbocycles. The number of phenolic OH excluding ortho intramolecular Hbond substituents is 1. The van der Waals surface area contributed by atoms with Gasteiger partial charge < -0.3 is 29.0 Å². The summed E-state index contributed by atoms with van der Waals surface area (Å²) in [6, 6.07) is 7.53. The predicted octanol–water partition coefficient (Wildman–Crippen LogP) is 4.66. The Hall–Kier alpha value is -4.41. The number of esters is 2. The molecule has 3 rings (SSSR count). The molecule has 11 heteroatoms. The number of phenols is 1. The first kappa shape index (κ1) is 27.2. The fourth-order valence-corrected chi connectivity index (χ4v) is 3.88. The summed E-state index contributed by atoms with van der Waals surface area (Å²) in [7, 11) is 3.64. The maximum atomic E-state index is 12.8. The number of fused-ring (bicyclic) bond motifs is 1. The summed E-state index contributed by atoms with van der Waals surface area (Å²) in [4.78, 5) is 27.0. The Labute approximate surface area is 210 Å². The normalized spacial score (nSPS) is 15.3. The largest absolute Gasteiger partial charge is 0.573 e. The zero-order valence-electron chi connectivity index (χ0n) is 20.2. The molecular formula is C26H24F3NO7. The average molecular weight is 519 g/mol. The molecule has 1 N–H and O–H groups in total. The van der Waals surface area contributed by atoms with E-state index in [0.717, 1.165) is 20.3 Å². The smallest absolute Gasteiger partial charge is 0.504 e. The Kier molecular flexibility index (Phi) is 8.16. The number of rotatable bonds is 7. The van der Waals surface area contributed by atoms with E-state index < -0.39 is 30.1 Å². The van der Waals surface area contributed by atoms with Crippen LogP contribution in [0.25, 0.3) is 6.08 Å². The molecule has 37 heavy (non-hydrogen) atoms. The molecule has 2 aromatic carbocycles. The van der Waals surface area contributed by atoms with Crippen LogP contribution in [0.5, 0.6) is 17.2 Å². The minimum Gasteiger partial charge on any atom is -0.504 e. The van der Waals surface area contributed by atoms with Crippen LogP contribution in [0.2, 0.25) is 0 Å². The van der Waals surface area contributed by atoms with E-state index in [9.17, 15) is 27.9 Å². The number of halogens is 3. The van der Waals surface area contributed by atoms with Crippen LogP contribution in [0.15, 0.2) is 66.4 Å². The van der Waals surface area contributed by atoms with Crippen LogP contribution in [-0.2, 0) is 25.6 Å². The molecule has 1 aliphatic heterocycles. The maximum Gasteiger partial charge on any atom is 0.573 e. The molecule has 1 unspecified atom stereocenters. The van der Waals surface area contributed by atoms with Crippen LogP contribution in [0.1, 0.15) is 22.7 Å². The molecule has 2 aromatic rings. The molecule has 0 amide bonds. The van der Waals surface area contributed by atoms with Crippen molar-refractivity contribution in [2.24, 2.45) is 0 Å². The first-order valence-electron chi connectivity index (χ1n) is 10.8. The molecule has 196 valence electrons. The molecule has 1 aliphatic rings. The van der Waals surface area contributed by atoms with Crippen molar-refractivity contribution in [3.8, 4) is 17.2 Å². The summed E-state index contributed by atoms with van der Waals surface area (Å²) in [5.74, 6) is -2.23. The molecule has 0 aromatic heterocycles. The lowest BCUT2D eigenvalue weighted by molar-refractivity contribution is -0.274. The lowest BCUT2D eigenvalue weighted by Gasteiger charge is -2.32. The number of aromatic hydroxyl groups is 1. The van der Waals surface area contributed by atoms with Crippen molar-refractivity contribution in [1.29, 1.82) is 0 Å². The summed E-state index contributed by atoms with van der Waals surface area (Å²) in [6.45, 7) is 3.84. The minimum absolute atomic E-state index is 0.0384. The van der Waals surface area contributed by atoms with E-state index in [1.165, 1.54) is 49.7 Å². The highest BCUT2D eigenvalue weighted by Crippen LogP contribution is 2.39. The van der Waals surface area contributed by atoms with Crippen molar-refractivity contribution in [2.45, 2.75) is 18.9 Å². The Bertz CT molecular complexity index is 1270. The highest BCUT2D eigenvalue weighted by atomic mass is 19.4. The Balaban J connectivity index is 2.25. The van der Waals surface area contributed by atoms with Gasteiger partial charge in [-0.1, -0.05) is 18.2 Å². The summed E-state index contributed by atoms with van der Waals surface area (Å²) < 4.78 is 57.3. The molecule has 1 heterocycles. The number of methoxy groups -OCH3 is 3. The van der Waals surface area contributed by atoms with Crippen LogP contribution in [0, 0.1) is 0 Å². The van der Waals surface area contributed by atoms with E-state index in [4.69, 9.17) is 14.2 Å². The Morgan fingerprint density at radius 2 is 1.76 bits per heavy atom. The molecule has 0 radical (unpaired) electrons. The summed E-state index contributed by atoms with van der Waals surface area (Å²) >= 11 is 0. The second-order valence-corrected chi connectivity index (χ2v) is 7.79. The first-order chi connectivity index (χ1) is 17.5. The highest BCUT2D eigenvalue weighted by molar-refractivity contribution is 6.10. The third-order valence-corrected chi connectivity index (χ3v) is 5.48. The van der Waals surface area contributed by atoms with Gasteiger partial charge in [-0.2, -0.15) is 0 Å². The van der Waals surface area contributed by atoms with Crippen molar-refractivity contribution >= 4 is 18.0 Å². The van der Waals surface area contributed by atoms with Gasteiger partial charge in [0, 0.05) is 12.7 Å². The van der Waals surface area contributed by atoms with Gasteiger partial charge in [0.1, 0.15) is 5.75 Å². The van der Waals surface area contributed by atoms with Gasteiger partial charge >= 0.3 is 18.3 Å². The van der Waals surface area contributed by atoms with Gasteiger partial charge in [-0.3, -0.25) is 0 Å². The number of benzene rings is 2. The minimum atomic E-state index is -4.88. The van der Waals surface area contributed by atoms with Crippen molar-refractivity contribution in [1.82, 2.24) is 4.90 Å². The SMILES string of the molecule is C=CC1c2cc(OC)c(O)cc2C=C(C(=O)OC)C(C(=O)OC)=CN1Cc1cccc(OC(F)(F)F)c1. The van der Waals surface area contributed by atoms with Gasteiger partial charge in [0.15, 0.2) is 11.5 Å². The standard InChI is InChI=1S/C26H24F3NO7/c1-5-21-18-12-23(34-2)22(31)11-16(18)10-19(24(32)35-3)20(25(33)36-4)14-30(21)13-15-7-6-8-17(9-15)37-26(27,28)29/h5-12,14,21,31H,1,13H2,2-4H3. The Morgan fingerprint density at radius 3 is 2.35 bits per heavy atom. The third kappa shape index (κ3) is 6.24. The molecule has 0 saturated carbocycles. The zero-order valence-corrected chi connectivity index (χ0v) is 20.2. The fraction of sp³-hybridized carbons (Fsp3) is 0.231. The van der Waals surface area contributed by atoms with Crippen LogP contribution < -0.4 is 9.47 Å². The van der Waals surface area contributed by atoms with Gasteiger partial charge in [-0.25, -0.2) is 9.59 Å². The monoisotopic (exact) mass is 519 g/mol. The van der Waals surface area contributed by atoms with E-state index in [2.05, 4.69) is 11.3 Å². The number of carbonyl (C=O) groups excluding carboxylic acids is 2. The predicted molar refractivity (Wildman–Crippen MR) is 126 cm³/mol. The quantitative estimate of drug-likeness (QED) is 0.417. The fourth-order valence-electron chi connectivity index (χ4n) is 3.88. The molecule has 0 fully saturated rings. The van der Waals surface area contributed by atoms with E-state index in [-0.39, 0.29) is 29.2 Å². The first-order valence-corrected chi connectivity index (χ1v) is 10.8. The molecule has 0 spiro atoms. The lowest BCUT2D eigenvalue weighted by atomic mass is 9.92. The number of nitrogens with zero attached hydrogens (tertiary/aromatic N) is 1. The zero-order chi connectivity index (χ0) is 27.3. The average Bonchev–Trinajstić information content (AvgIpc) is 2.84. The van der Waals surface area contributed by atoms with Crippen LogP contribution in [0.3, 0.4) is 0 Å². The maximum absolute atomic E-state index is 12.8. The number of alkyl halides is 3. The van der Waals surface area contributed by atoms with Crippen LogP contribution in [0.4, 0.5) is 13.2 Å². The lowest BCUT2D eigenvalue weighted by Crippen LogP contribution is -2.27. The van der Waals surface area contributed by atoms with Crippen molar-refractivity contribution < 1.29 is 46.8 Å². The van der Waals surface area contributed by atoms with E-state index in [1.807, 2.05) is 0 Å².